The topological polar surface area (TPSA) is 101 Å². The van der Waals surface area contributed by atoms with E-state index in [0.29, 0.717) is 12.2 Å². The largest absolute Gasteiger partial charge is 0.399 e. The first-order valence-corrected chi connectivity index (χ1v) is 5.55. The molecular weight excluding hydrogens is 232 g/mol. The summed E-state index contributed by atoms with van der Waals surface area (Å²) in [6, 6.07) is 6.11. The van der Waals surface area contributed by atoms with Crippen LogP contribution in [-0.4, -0.2) is 29.9 Å². The van der Waals surface area contributed by atoms with E-state index in [1.54, 1.807) is 24.9 Å². The molecule has 98 valence electrons. The summed E-state index contributed by atoms with van der Waals surface area (Å²) in [5.41, 5.74) is 12.2. The minimum absolute atomic E-state index is 0.422. The first kappa shape index (κ1) is 14.0. The Hall–Kier alpha value is -2.08. The highest BCUT2D eigenvalue weighted by molar-refractivity contribution is 5.96. The van der Waals surface area contributed by atoms with Gasteiger partial charge in [-0.25, -0.2) is 4.79 Å². The van der Waals surface area contributed by atoms with Crippen LogP contribution in [-0.2, 0) is 11.3 Å². The highest BCUT2D eigenvalue weighted by atomic mass is 16.2. The average Bonchev–Trinajstić information content (AvgIpc) is 2.27. The Kier molecular flexibility index (Phi) is 4.67. The molecule has 0 spiro atoms. The number of nitrogen functional groups attached to an aromatic ring is 1. The summed E-state index contributed by atoms with van der Waals surface area (Å²) < 4.78 is 0. The molecule has 18 heavy (non-hydrogen) atoms. The number of hydrogen-bond donors (Lipinski definition) is 3. The molecule has 5 N–H and O–H groups in total. The lowest BCUT2D eigenvalue weighted by Gasteiger charge is -2.23. The van der Waals surface area contributed by atoms with Crippen molar-refractivity contribution >= 4 is 17.6 Å². The summed E-state index contributed by atoms with van der Waals surface area (Å²) in [6.45, 7) is 2.25. The normalized spacial score (nSPS) is 12.2. The van der Waals surface area contributed by atoms with Crippen LogP contribution in [0.3, 0.4) is 0 Å². The predicted octanol–water partition coefficient (Wildman–Crippen LogP) is 0.284. The Bertz CT molecular complexity index is 447. The zero-order valence-corrected chi connectivity index (χ0v) is 10.5. The van der Waals surface area contributed by atoms with Crippen LogP contribution >= 0.6 is 0 Å². The second kappa shape index (κ2) is 6.02. The number of rotatable bonds is 4. The van der Waals surface area contributed by atoms with Crippen molar-refractivity contribution in [1.29, 1.82) is 0 Å². The fraction of sp³-hybridized carbons (Fsp3) is 0.333. The number of urea groups is 1. The van der Waals surface area contributed by atoms with Gasteiger partial charge in [0, 0.05) is 12.2 Å². The SMILES string of the molecule is CC(C(=O)NC(N)=O)N(C)Cc1cccc(N)c1. The number of carbonyl (C=O) groups is 2. The van der Waals surface area contributed by atoms with Gasteiger partial charge in [0.2, 0.25) is 5.91 Å². The molecule has 3 amide bonds. The third kappa shape index (κ3) is 4.06. The van der Waals surface area contributed by atoms with Crippen LogP contribution in [0.5, 0.6) is 0 Å². The number of benzene rings is 1. The molecule has 0 fully saturated rings. The fourth-order valence-corrected chi connectivity index (χ4v) is 1.54. The van der Waals surface area contributed by atoms with E-state index in [4.69, 9.17) is 11.5 Å². The summed E-state index contributed by atoms with van der Waals surface area (Å²) in [6.07, 6.45) is 0. The van der Waals surface area contributed by atoms with E-state index in [2.05, 4.69) is 5.32 Å². The molecule has 0 aliphatic heterocycles. The van der Waals surface area contributed by atoms with Crippen molar-refractivity contribution in [3.05, 3.63) is 29.8 Å². The molecule has 0 aromatic heterocycles. The van der Waals surface area contributed by atoms with Crippen LogP contribution in [0.1, 0.15) is 12.5 Å². The van der Waals surface area contributed by atoms with Gasteiger partial charge in [0.05, 0.1) is 6.04 Å². The molecule has 1 atom stereocenters. The van der Waals surface area contributed by atoms with E-state index >= 15 is 0 Å². The molecular formula is C12H18N4O2. The number of nitrogens with two attached hydrogens (primary N) is 2. The number of nitrogens with one attached hydrogen (secondary N) is 1. The lowest BCUT2D eigenvalue weighted by molar-refractivity contribution is -0.124. The van der Waals surface area contributed by atoms with Crippen LogP contribution in [0.4, 0.5) is 10.5 Å². The summed E-state index contributed by atoms with van der Waals surface area (Å²) >= 11 is 0. The molecule has 0 bridgehead atoms. The molecule has 1 unspecified atom stereocenters. The maximum Gasteiger partial charge on any atom is 0.318 e. The van der Waals surface area contributed by atoms with Crippen molar-refractivity contribution in [3.8, 4) is 0 Å². The molecule has 6 nitrogen and oxygen atoms in total. The second-order valence-electron chi connectivity index (χ2n) is 4.19. The van der Waals surface area contributed by atoms with Crippen LogP contribution in [0.25, 0.3) is 0 Å². The lowest BCUT2D eigenvalue weighted by atomic mass is 10.1. The van der Waals surface area contributed by atoms with Gasteiger partial charge in [-0.15, -0.1) is 0 Å². The van der Waals surface area contributed by atoms with Crippen LogP contribution in [0, 0.1) is 0 Å². The van der Waals surface area contributed by atoms with E-state index in [1.165, 1.54) is 0 Å². The third-order valence-corrected chi connectivity index (χ3v) is 2.67. The van der Waals surface area contributed by atoms with Gasteiger partial charge in [-0.2, -0.15) is 0 Å². The molecule has 0 heterocycles. The first-order chi connectivity index (χ1) is 8.40. The van der Waals surface area contributed by atoms with E-state index in [-0.39, 0.29) is 0 Å². The smallest absolute Gasteiger partial charge is 0.318 e. The average molecular weight is 250 g/mol. The van der Waals surface area contributed by atoms with Crippen LogP contribution in [0.15, 0.2) is 24.3 Å². The molecule has 6 heteroatoms. The van der Waals surface area contributed by atoms with Gasteiger partial charge >= 0.3 is 6.03 Å². The molecule has 1 rings (SSSR count). The van der Waals surface area contributed by atoms with E-state index in [0.717, 1.165) is 5.56 Å². The quantitative estimate of drug-likeness (QED) is 0.668. The summed E-state index contributed by atoms with van der Waals surface area (Å²) in [5.74, 6) is -0.422. The number of primary amides is 1. The first-order valence-electron chi connectivity index (χ1n) is 5.55. The van der Waals surface area contributed by atoms with Crippen molar-refractivity contribution < 1.29 is 9.59 Å². The Morgan fingerprint density at radius 1 is 1.44 bits per heavy atom. The van der Waals surface area contributed by atoms with Gasteiger partial charge in [-0.05, 0) is 31.7 Å². The number of carbonyl (C=O) groups excluding carboxylic acids is 2. The van der Waals surface area contributed by atoms with Gasteiger partial charge < -0.3 is 11.5 Å². The van der Waals surface area contributed by atoms with E-state index in [1.807, 2.05) is 18.2 Å². The van der Waals surface area contributed by atoms with Crippen molar-refractivity contribution in [2.75, 3.05) is 12.8 Å². The Labute approximate surface area is 106 Å². The zero-order chi connectivity index (χ0) is 13.7. The highest BCUT2D eigenvalue weighted by Crippen LogP contribution is 2.10. The van der Waals surface area contributed by atoms with Crippen molar-refractivity contribution in [2.45, 2.75) is 19.5 Å². The van der Waals surface area contributed by atoms with Gasteiger partial charge in [0.25, 0.3) is 0 Å². The number of amides is 3. The minimum atomic E-state index is -0.843. The van der Waals surface area contributed by atoms with Crippen molar-refractivity contribution in [1.82, 2.24) is 10.2 Å². The highest BCUT2D eigenvalue weighted by Gasteiger charge is 2.19. The minimum Gasteiger partial charge on any atom is -0.399 e. The van der Waals surface area contributed by atoms with Crippen molar-refractivity contribution in [3.63, 3.8) is 0 Å². The zero-order valence-electron chi connectivity index (χ0n) is 10.5. The monoisotopic (exact) mass is 250 g/mol. The molecule has 0 saturated carbocycles. The summed E-state index contributed by atoms with van der Waals surface area (Å²) in [4.78, 5) is 24.0. The number of anilines is 1. The van der Waals surface area contributed by atoms with E-state index in [9.17, 15) is 9.59 Å². The maximum atomic E-state index is 11.6. The molecule has 0 aliphatic carbocycles. The number of hydrogen-bond acceptors (Lipinski definition) is 4. The summed E-state index contributed by atoms with van der Waals surface area (Å²) in [7, 11) is 1.79. The number of likely N-dealkylation sites (N-methyl/N-ethyl adjacent to an activating group) is 1. The predicted molar refractivity (Wildman–Crippen MR) is 69.5 cm³/mol. The Morgan fingerprint density at radius 2 is 2.11 bits per heavy atom. The van der Waals surface area contributed by atoms with Crippen molar-refractivity contribution in [2.24, 2.45) is 5.73 Å². The Morgan fingerprint density at radius 3 is 2.67 bits per heavy atom. The molecule has 0 saturated heterocycles. The summed E-state index contributed by atoms with van der Waals surface area (Å²) in [5, 5.41) is 2.05. The van der Waals surface area contributed by atoms with Gasteiger partial charge in [-0.3, -0.25) is 15.0 Å². The number of nitrogens with zero attached hydrogens (tertiary/aromatic N) is 1. The molecule has 1 aromatic rings. The van der Waals surface area contributed by atoms with Gasteiger partial charge in [0.1, 0.15) is 0 Å². The van der Waals surface area contributed by atoms with Gasteiger partial charge in [-0.1, -0.05) is 12.1 Å². The fourth-order valence-electron chi connectivity index (χ4n) is 1.54. The van der Waals surface area contributed by atoms with Crippen LogP contribution in [0.2, 0.25) is 0 Å². The number of imide groups is 1. The Balaban J connectivity index is 2.62. The molecule has 1 aromatic carbocycles. The molecule has 0 aliphatic rings. The maximum absolute atomic E-state index is 11.6. The van der Waals surface area contributed by atoms with Gasteiger partial charge in [0.15, 0.2) is 0 Å². The van der Waals surface area contributed by atoms with Crippen LogP contribution < -0.4 is 16.8 Å². The lowest BCUT2D eigenvalue weighted by Crippen LogP contribution is -2.46. The second-order valence-corrected chi connectivity index (χ2v) is 4.19. The molecule has 0 radical (unpaired) electrons. The van der Waals surface area contributed by atoms with E-state index < -0.39 is 18.0 Å². The standard InChI is InChI=1S/C12H18N4O2/c1-8(11(17)15-12(14)18)16(2)7-9-4-3-5-10(13)6-9/h3-6,8H,7,13H2,1-2H3,(H3,14,15,17,18). The third-order valence-electron chi connectivity index (χ3n) is 2.67.